The molecule has 0 bridgehead atoms. The van der Waals surface area contributed by atoms with Crippen LogP contribution in [0, 0.1) is 11.3 Å². The Hall–Kier alpha value is -3.18. The van der Waals surface area contributed by atoms with E-state index in [9.17, 15) is 4.79 Å². The summed E-state index contributed by atoms with van der Waals surface area (Å²) >= 11 is 1.36. The molecular formula is C21H20N4O3S. The third-order valence-corrected chi connectivity index (χ3v) is 5.47. The maximum atomic E-state index is 12.3. The molecule has 148 valence electrons. The SMILES string of the molecule is N#CCCn1c(SCC(=O)NC[C@H]2COc3ccccc3O2)nc2ccccc21. The van der Waals surface area contributed by atoms with Crippen molar-refractivity contribution < 1.29 is 14.3 Å². The normalized spacial score (nSPS) is 15.1. The van der Waals surface area contributed by atoms with Gasteiger partial charge in [-0.15, -0.1) is 0 Å². The number of hydrogen-bond donors (Lipinski definition) is 1. The highest BCUT2D eigenvalue weighted by Gasteiger charge is 2.21. The predicted octanol–water partition coefficient (Wildman–Crippen LogP) is 3.00. The van der Waals surface area contributed by atoms with Crippen molar-refractivity contribution in [2.75, 3.05) is 18.9 Å². The van der Waals surface area contributed by atoms with Crippen LogP contribution in [-0.4, -0.2) is 40.5 Å². The Morgan fingerprint density at radius 2 is 2.03 bits per heavy atom. The minimum absolute atomic E-state index is 0.101. The molecule has 1 aromatic heterocycles. The largest absolute Gasteiger partial charge is 0.486 e. The second-order valence-corrected chi connectivity index (χ2v) is 7.48. The number of carbonyl (C=O) groups excluding carboxylic acids is 1. The number of para-hydroxylation sites is 4. The summed E-state index contributed by atoms with van der Waals surface area (Å²) in [5.74, 6) is 1.55. The van der Waals surface area contributed by atoms with Gasteiger partial charge in [0.25, 0.3) is 0 Å². The minimum Gasteiger partial charge on any atom is -0.486 e. The fraction of sp³-hybridized carbons (Fsp3) is 0.286. The van der Waals surface area contributed by atoms with Gasteiger partial charge in [0, 0.05) is 6.54 Å². The molecule has 0 unspecified atom stereocenters. The Bertz CT molecular complexity index is 1060. The number of nitrogens with one attached hydrogen (secondary N) is 1. The van der Waals surface area contributed by atoms with Crippen LogP contribution in [0.4, 0.5) is 0 Å². The summed E-state index contributed by atoms with van der Waals surface area (Å²) in [5, 5.41) is 12.6. The van der Waals surface area contributed by atoms with E-state index in [2.05, 4.69) is 16.4 Å². The van der Waals surface area contributed by atoms with Crippen molar-refractivity contribution in [3.8, 4) is 17.6 Å². The Morgan fingerprint density at radius 3 is 2.90 bits per heavy atom. The van der Waals surface area contributed by atoms with Gasteiger partial charge >= 0.3 is 0 Å². The molecule has 0 radical (unpaired) electrons. The molecule has 1 N–H and O–H groups in total. The lowest BCUT2D eigenvalue weighted by Crippen LogP contribution is -2.41. The molecule has 2 aromatic carbocycles. The van der Waals surface area contributed by atoms with Crippen molar-refractivity contribution in [2.45, 2.75) is 24.2 Å². The van der Waals surface area contributed by atoms with Gasteiger partial charge in [-0.05, 0) is 24.3 Å². The quantitative estimate of drug-likeness (QED) is 0.605. The van der Waals surface area contributed by atoms with Crippen molar-refractivity contribution in [2.24, 2.45) is 0 Å². The van der Waals surface area contributed by atoms with Gasteiger partial charge in [0.15, 0.2) is 16.7 Å². The number of rotatable bonds is 7. The van der Waals surface area contributed by atoms with Gasteiger partial charge in [-0.2, -0.15) is 5.26 Å². The van der Waals surface area contributed by atoms with E-state index in [4.69, 9.17) is 14.7 Å². The van der Waals surface area contributed by atoms with Crippen LogP contribution < -0.4 is 14.8 Å². The zero-order valence-corrected chi connectivity index (χ0v) is 16.5. The van der Waals surface area contributed by atoms with Crippen molar-refractivity contribution >= 4 is 28.7 Å². The summed E-state index contributed by atoms with van der Waals surface area (Å²) in [6.45, 7) is 1.32. The van der Waals surface area contributed by atoms with Crippen LogP contribution in [0.2, 0.25) is 0 Å². The average Bonchev–Trinajstić information content (AvgIpc) is 3.12. The highest BCUT2D eigenvalue weighted by molar-refractivity contribution is 7.99. The standard InChI is InChI=1S/C21H20N4O3S/c22-10-5-11-25-17-7-2-1-6-16(17)24-21(25)29-14-20(26)23-12-15-13-27-18-8-3-4-9-19(18)28-15/h1-4,6-9,15H,5,11-14H2,(H,23,26)/t15-/m0/s1. The number of imidazole rings is 1. The van der Waals surface area contributed by atoms with Gasteiger partial charge in [0.2, 0.25) is 5.91 Å². The lowest BCUT2D eigenvalue weighted by Gasteiger charge is -2.26. The number of benzene rings is 2. The summed E-state index contributed by atoms with van der Waals surface area (Å²) < 4.78 is 13.5. The molecular weight excluding hydrogens is 388 g/mol. The lowest BCUT2D eigenvalue weighted by atomic mass is 10.2. The summed E-state index contributed by atoms with van der Waals surface area (Å²) in [7, 11) is 0. The van der Waals surface area contributed by atoms with Gasteiger partial charge in [0.05, 0.1) is 35.8 Å². The summed E-state index contributed by atoms with van der Waals surface area (Å²) in [5.41, 5.74) is 1.83. The van der Waals surface area contributed by atoms with Crippen molar-refractivity contribution in [3.05, 3.63) is 48.5 Å². The van der Waals surface area contributed by atoms with E-state index in [1.165, 1.54) is 11.8 Å². The van der Waals surface area contributed by atoms with E-state index in [1.54, 1.807) is 0 Å². The number of aryl methyl sites for hydroxylation is 1. The molecule has 1 atom stereocenters. The first-order valence-electron chi connectivity index (χ1n) is 9.35. The van der Waals surface area contributed by atoms with E-state index < -0.39 is 0 Å². The number of ether oxygens (including phenoxy) is 2. The molecule has 7 nitrogen and oxygen atoms in total. The van der Waals surface area contributed by atoms with Crippen LogP contribution in [-0.2, 0) is 11.3 Å². The second kappa shape index (κ2) is 8.88. The molecule has 0 saturated heterocycles. The Kier molecular flexibility index (Phi) is 5.86. The van der Waals surface area contributed by atoms with E-state index in [-0.39, 0.29) is 17.8 Å². The van der Waals surface area contributed by atoms with Crippen LogP contribution >= 0.6 is 11.8 Å². The zero-order valence-electron chi connectivity index (χ0n) is 15.7. The smallest absolute Gasteiger partial charge is 0.230 e. The molecule has 0 aliphatic carbocycles. The van der Waals surface area contributed by atoms with E-state index in [1.807, 2.05) is 53.1 Å². The second-order valence-electron chi connectivity index (χ2n) is 6.53. The molecule has 1 aliphatic rings. The Balaban J connectivity index is 1.33. The van der Waals surface area contributed by atoms with Gasteiger partial charge in [-0.3, -0.25) is 4.79 Å². The molecule has 0 spiro atoms. The lowest BCUT2D eigenvalue weighted by molar-refractivity contribution is -0.119. The van der Waals surface area contributed by atoms with Crippen LogP contribution in [0.15, 0.2) is 53.7 Å². The van der Waals surface area contributed by atoms with Crippen molar-refractivity contribution in [1.29, 1.82) is 5.26 Å². The third kappa shape index (κ3) is 4.46. The van der Waals surface area contributed by atoms with E-state index >= 15 is 0 Å². The number of nitriles is 1. The third-order valence-electron chi connectivity index (χ3n) is 4.49. The van der Waals surface area contributed by atoms with Gasteiger partial charge in [0.1, 0.15) is 12.7 Å². The number of thioether (sulfide) groups is 1. The molecule has 0 saturated carbocycles. The highest BCUT2D eigenvalue weighted by atomic mass is 32.2. The first-order valence-corrected chi connectivity index (χ1v) is 10.3. The molecule has 3 aromatic rings. The van der Waals surface area contributed by atoms with Crippen LogP contribution in [0.25, 0.3) is 11.0 Å². The fourth-order valence-electron chi connectivity index (χ4n) is 3.11. The van der Waals surface area contributed by atoms with Crippen molar-refractivity contribution in [1.82, 2.24) is 14.9 Å². The average molecular weight is 408 g/mol. The zero-order chi connectivity index (χ0) is 20.1. The maximum Gasteiger partial charge on any atom is 0.230 e. The number of amides is 1. The van der Waals surface area contributed by atoms with Gasteiger partial charge in [-0.1, -0.05) is 36.0 Å². The summed E-state index contributed by atoms with van der Waals surface area (Å²) in [4.78, 5) is 16.9. The maximum absolute atomic E-state index is 12.3. The molecule has 1 amide bonds. The van der Waals surface area contributed by atoms with Gasteiger partial charge in [-0.25, -0.2) is 4.98 Å². The molecule has 0 fully saturated rings. The summed E-state index contributed by atoms with van der Waals surface area (Å²) in [6.07, 6.45) is 0.166. The molecule has 1 aliphatic heterocycles. The number of hydrogen-bond acceptors (Lipinski definition) is 6. The van der Waals surface area contributed by atoms with Gasteiger partial charge < -0.3 is 19.4 Å². The molecule has 29 heavy (non-hydrogen) atoms. The first kappa shape index (κ1) is 19.2. The first-order chi connectivity index (χ1) is 14.2. The fourth-order valence-corrected chi connectivity index (χ4v) is 3.98. The van der Waals surface area contributed by atoms with Crippen LogP contribution in [0.3, 0.4) is 0 Å². The molecule has 8 heteroatoms. The highest BCUT2D eigenvalue weighted by Crippen LogP contribution is 2.30. The Labute approximate surface area is 172 Å². The van der Waals surface area contributed by atoms with E-state index in [0.717, 1.165) is 21.9 Å². The number of fused-ring (bicyclic) bond motifs is 2. The minimum atomic E-state index is -0.223. The Morgan fingerprint density at radius 1 is 1.24 bits per heavy atom. The molecule has 2 heterocycles. The van der Waals surface area contributed by atoms with Crippen LogP contribution in [0.1, 0.15) is 6.42 Å². The monoisotopic (exact) mass is 408 g/mol. The predicted molar refractivity (Wildman–Crippen MR) is 110 cm³/mol. The van der Waals surface area contributed by atoms with Crippen molar-refractivity contribution in [3.63, 3.8) is 0 Å². The van der Waals surface area contributed by atoms with E-state index in [0.29, 0.717) is 31.9 Å². The van der Waals surface area contributed by atoms with Crippen LogP contribution in [0.5, 0.6) is 11.5 Å². The number of carbonyl (C=O) groups is 1. The number of nitrogens with zero attached hydrogens (tertiary/aromatic N) is 3. The molecule has 4 rings (SSSR count). The topological polar surface area (TPSA) is 89.2 Å². The number of aromatic nitrogens is 2. The summed E-state index contributed by atoms with van der Waals surface area (Å²) in [6, 6.07) is 17.4.